The molecule has 0 spiro atoms. The summed E-state index contributed by atoms with van der Waals surface area (Å²) in [5.74, 6) is -1.45. The molecular weight excluding hydrogens is 363 g/mol. The summed E-state index contributed by atoms with van der Waals surface area (Å²) >= 11 is 0. The van der Waals surface area contributed by atoms with E-state index in [1.54, 1.807) is 21.5 Å². The van der Waals surface area contributed by atoms with Crippen LogP contribution in [0.3, 0.4) is 0 Å². The van der Waals surface area contributed by atoms with Crippen molar-refractivity contribution in [2.24, 2.45) is 0 Å². The van der Waals surface area contributed by atoms with Crippen LogP contribution in [0.25, 0.3) is 0 Å². The summed E-state index contributed by atoms with van der Waals surface area (Å²) in [5, 5.41) is 20.3. The van der Waals surface area contributed by atoms with Gasteiger partial charge in [0.15, 0.2) is 0 Å². The number of carboxylic acid groups (broad SMARTS) is 1. The summed E-state index contributed by atoms with van der Waals surface area (Å²) < 4.78 is 22.2. The number of aliphatic hydroxyl groups is 1. The first-order valence-corrected chi connectivity index (χ1v) is 8.97. The topological polar surface area (TPSA) is 115 Å². The Kier molecular flexibility index (Phi) is 9.86. The molecule has 1 heterocycles. The van der Waals surface area contributed by atoms with Crippen molar-refractivity contribution in [2.75, 3.05) is 13.7 Å². The molecule has 6 atom stereocenters. The van der Waals surface area contributed by atoms with E-state index in [9.17, 15) is 19.8 Å². The van der Waals surface area contributed by atoms with Crippen molar-refractivity contribution in [3.63, 3.8) is 0 Å². The number of aliphatic hydroxyl groups excluding tert-OH is 1. The average Bonchev–Trinajstić information content (AvgIpc) is 2.64. The van der Waals surface area contributed by atoms with Gasteiger partial charge in [-0.05, 0) is 0 Å². The molecule has 28 heavy (non-hydrogen) atoms. The van der Waals surface area contributed by atoms with Crippen molar-refractivity contribution in [1.29, 1.82) is 0 Å². The summed E-state index contributed by atoms with van der Waals surface area (Å²) in [6, 6.07) is -0.698. The molecule has 0 aromatic carbocycles. The normalized spacial score (nSPS) is 28.9. The van der Waals surface area contributed by atoms with E-state index in [0.29, 0.717) is 0 Å². The molecule has 0 saturated carbocycles. The van der Waals surface area contributed by atoms with E-state index in [1.807, 2.05) is 0 Å². The summed E-state index contributed by atoms with van der Waals surface area (Å²) in [4.78, 5) is 25.3. The minimum absolute atomic E-state index is 0.0175. The van der Waals surface area contributed by atoms with Crippen LogP contribution in [-0.2, 0) is 28.3 Å². The molecule has 0 aromatic rings. The van der Waals surface area contributed by atoms with E-state index in [4.69, 9.17) is 18.7 Å². The second kappa shape index (κ2) is 11.1. The number of carbonyl (C=O) groups excluding carboxylic acids is 1. The van der Waals surface area contributed by atoms with Crippen LogP contribution in [0.1, 0.15) is 20.3 Å². The molecule has 0 radical (unpaired) electrons. The third-order valence-electron chi connectivity index (χ3n) is 4.86. The first-order valence-electron chi connectivity index (χ1n) is 8.97. The minimum atomic E-state index is -1.59. The Morgan fingerprint density at radius 1 is 1.50 bits per heavy atom. The van der Waals surface area contributed by atoms with Crippen molar-refractivity contribution < 1.29 is 38.5 Å². The molecule has 1 aliphatic heterocycles. The number of ether oxygens (including phenoxy) is 1. The van der Waals surface area contributed by atoms with Gasteiger partial charge >= 0.3 is 169 Å². The van der Waals surface area contributed by atoms with Crippen molar-refractivity contribution in [3.8, 4) is 0 Å². The Hall–Kier alpha value is -1.19. The van der Waals surface area contributed by atoms with Gasteiger partial charge in [-0.2, -0.15) is 0 Å². The van der Waals surface area contributed by atoms with E-state index < -0.39 is 42.0 Å². The maximum absolute atomic E-state index is 12.0. The van der Waals surface area contributed by atoms with E-state index in [1.165, 1.54) is 33.8 Å². The first-order chi connectivity index (χ1) is 13.1. The SMILES string of the molecule is B=BOC(C(O)COB=BB)C1OC(C)(C(=O)O)CC(OB)C1N(C)C(C)=O. The van der Waals surface area contributed by atoms with Crippen LogP contribution in [0.4, 0.5) is 0 Å². The van der Waals surface area contributed by atoms with E-state index in [2.05, 4.69) is 7.37 Å². The molecule has 148 valence electrons. The predicted octanol–water partition coefficient (Wildman–Crippen LogP) is -4.62. The second-order valence-corrected chi connectivity index (χ2v) is 6.85. The van der Waals surface area contributed by atoms with Crippen LogP contribution in [0, 0.1) is 0 Å². The summed E-state index contributed by atoms with van der Waals surface area (Å²) in [7, 11) is 10.8. The van der Waals surface area contributed by atoms with Crippen molar-refractivity contribution in [2.45, 2.75) is 56.3 Å². The molecule has 1 aliphatic rings. The molecule has 1 saturated heterocycles. The van der Waals surface area contributed by atoms with Crippen LogP contribution in [0.2, 0.25) is 0 Å². The third kappa shape index (κ3) is 5.90. The van der Waals surface area contributed by atoms with Crippen molar-refractivity contribution in [3.05, 3.63) is 0 Å². The fourth-order valence-corrected chi connectivity index (χ4v) is 3.28. The molecule has 2 N–H and O–H groups in total. The zero-order chi connectivity index (χ0) is 21.5. The molecular formula is C13H25B6NO8. The number of likely N-dealkylation sites (N-methyl/N-ethyl adjacent to an activating group) is 1. The molecule has 1 rings (SSSR count). The van der Waals surface area contributed by atoms with Gasteiger partial charge in [0, 0.05) is 0 Å². The number of hydrogen-bond acceptors (Lipinski definition) is 7. The van der Waals surface area contributed by atoms with Crippen LogP contribution >= 0.6 is 0 Å². The van der Waals surface area contributed by atoms with Crippen LogP contribution < -0.4 is 0 Å². The van der Waals surface area contributed by atoms with Gasteiger partial charge in [0.1, 0.15) is 0 Å². The Labute approximate surface area is 169 Å². The molecule has 6 unspecified atom stereocenters. The molecule has 0 bridgehead atoms. The molecule has 9 nitrogen and oxygen atoms in total. The first kappa shape index (κ1) is 24.8. The maximum atomic E-state index is 12.0. The monoisotopic (exact) mass is 389 g/mol. The Bertz CT molecular complexity index is 597. The van der Waals surface area contributed by atoms with Gasteiger partial charge in [-0.3, -0.25) is 0 Å². The summed E-state index contributed by atoms with van der Waals surface area (Å²) in [6.07, 6.45) is -3.89. The average molecular weight is 388 g/mol. The quantitative estimate of drug-likeness (QED) is 0.360. The van der Waals surface area contributed by atoms with E-state index in [0.717, 1.165) is 7.00 Å². The number of amides is 1. The summed E-state index contributed by atoms with van der Waals surface area (Å²) in [6.45, 7) is 4.33. The Balaban J connectivity index is 3.35. The van der Waals surface area contributed by atoms with Gasteiger partial charge in [-0.25, -0.2) is 0 Å². The van der Waals surface area contributed by atoms with Crippen LogP contribution in [0.5, 0.6) is 0 Å². The Morgan fingerprint density at radius 2 is 2.14 bits per heavy atom. The number of aliphatic carboxylic acids is 1. The van der Waals surface area contributed by atoms with Gasteiger partial charge < -0.3 is 0 Å². The van der Waals surface area contributed by atoms with Gasteiger partial charge in [0.05, 0.1) is 0 Å². The standard InChI is InChI=1S/C13H25B6NO8/c1-6(21)20(3)9-8(27-16)4-13(2,12(23)24)26-11(9)10(28-18-15)7(22)5-25-19-17-14/h7-11,15,22H,4-5,14,16H2,1-3H3,(H,23,24). The van der Waals surface area contributed by atoms with Crippen molar-refractivity contribution >= 4 is 55.7 Å². The zero-order valence-electron chi connectivity index (χ0n) is 17.0. The third-order valence-corrected chi connectivity index (χ3v) is 4.86. The molecule has 0 aromatic heterocycles. The van der Waals surface area contributed by atoms with Gasteiger partial charge in [0.25, 0.3) is 0 Å². The molecule has 0 aliphatic carbocycles. The molecule has 1 fully saturated rings. The fraction of sp³-hybridized carbons (Fsp3) is 0.846. The fourth-order valence-electron chi connectivity index (χ4n) is 3.28. The summed E-state index contributed by atoms with van der Waals surface area (Å²) in [5.41, 5.74) is -1.59. The number of carbonyl (C=O) groups is 2. The second-order valence-electron chi connectivity index (χ2n) is 6.85. The van der Waals surface area contributed by atoms with Crippen LogP contribution in [-0.4, -0.2) is 121 Å². The molecule has 15 heteroatoms. The van der Waals surface area contributed by atoms with Crippen LogP contribution in [0.15, 0.2) is 0 Å². The predicted molar refractivity (Wildman–Crippen MR) is 111 cm³/mol. The van der Waals surface area contributed by atoms with Gasteiger partial charge in [-0.1, -0.05) is 0 Å². The van der Waals surface area contributed by atoms with Gasteiger partial charge in [0.2, 0.25) is 0 Å². The zero-order valence-corrected chi connectivity index (χ0v) is 17.0. The van der Waals surface area contributed by atoms with E-state index in [-0.39, 0.29) is 18.9 Å². The van der Waals surface area contributed by atoms with Crippen molar-refractivity contribution in [1.82, 2.24) is 4.90 Å². The number of hydrogen-bond donors (Lipinski definition) is 2. The van der Waals surface area contributed by atoms with Gasteiger partial charge in [-0.15, -0.1) is 0 Å². The Morgan fingerprint density at radius 3 is 2.61 bits per heavy atom. The number of nitrogens with zero attached hydrogens (tertiary/aromatic N) is 1. The molecule has 1 amide bonds. The number of rotatable bonds is 10. The van der Waals surface area contributed by atoms with E-state index >= 15 is 0 Å². The number of carboxylic acids is 1.